The van der Waals surface area contributed by atoms with Crippen LogP contribution in [0.4, 0.5) is 0 Å². The molecule has 1 unspecified atom stereocenters. The van der Waals surface area contributed by atoms with Crippen molar-refractivity contribution in [2.45, 2.75) is 18.1 Å². The second-order valence-corrected chi connectivity index (χ2v) is 5.83. The highest BCUT2D eigenvalue weighted by Crippen LogP contribution is 2.18. The van der Waals surface area contributed by atoms with Crippen molar-refractivity contribution in [3.05, 3.63) is 60.2 Å². The lowest BCUT2D eigenvalue weighted by Crippen LogP contribution is -2.22. The molecule has 0 aliphatic heterocycles. The molecular formula is C15H13NO4S. The Morgan fingerprint density at radius 3 is 2.43 bits per heavy atom. The Hall–Kier alpha value is -2.36. The summed E-state index contributed by atoms with van der Waals surface area (Å²) in [7, 11) is -4.05. The monoisotopic (exact) mass is 303 g/mol. The number of hydrogen-bond donors (Lipinski definition) is 0. The van der Waals surface area contributed by atoms with Gasteiger partial charge in [-0.05, 0) is 36.8 Å². The number of nitrogens with zero attached hydrogens (tertiary/aromatic N) is 1. The van der Waals surface area contributed by atoms with Crippen LogP contribution in [0.1, 0.15) is 5.56 Å². The Bertz CT molecular complexity index is 751. The molecule has 0 aromatic heterocycles. The number of ether oxygens (including phenoxy) is 1. The number of aryl methyl sites for hydroxylation is 1. The second kappa shape index (κ2) is 6.39. The molecule has 2 aromatic carbocycles. The molecule has 0 bridgehead atoms. The molecule has 0 heterocycles. The van der Waals surface area contributed by atoms with E-state index in [4.69, 9.17) is 14.2 Å². The fourth-order valence-electron chi connectivity index (χ4n) is 1.64. The maximum atomic E-state index is 12.0. The molecule has 5 nitrogen and oxygen atoms in total. The van der Waals surface area contributed by atoms with Gasteiger partial charge in [0.05, 0.1) is 4.90 Å². The van der Waals surface area contributed by atoms with Crippen molar-refractivity contribution in [1.82, 2.24) is 0 Å². The van der Waals surface area contributed by atoms with Crippen molar-refractivity contribution in [1.29, 1.82) is 5.26 Å². The molecule has 0 aliphatic carbocycles. The minimum Gasteiger partial charge on any atom is -0.450 e. The summed E-state index contributed by atoms with van der Waals surface area (Å²) in [5, 5.41) is 9.00. The summed E-state index contributed by atoms with van der Waals surface area (Å²) in [6, 6.07) is 16.2. The van der Waals surface area contributed by atoms with Crippen LogP contribution >= 0.6 is 0 Å². The van der Waals surface area contributed by atoms with E-state index < -0.39 is 16.4 Å². The van der Waals surface area contributed by atoms with Crippen LogP contribution in [0.25, 0.3) is 0 Å². The molecule has 0 fully saturated rings. The minimum absolute atomic E-state index is 0.0295. The van der Waals surface area contributed by atoms with Gasteiger partial charge in [-0.1, -0.05) is 30.3 Å². The van der Waals surface area contributed by atoms with E-state index in [-0.39, 0.29) is 4.90 Å². The van der Waals surface area contributed by atoms with Crippen LogP contribution in [0.2, 0.25) is 0 Å². The third-order valence-corrected chi connectivity index (χ3v) is 3.86. The molecule has 0 saturated carbocycles. The van der Waals surface area contributed by atoms with Crippen LogP contribution in [0.3, 0.4) is 0 Å². The predicted molar refractivity (Wildman–Crippen MR) is 75.9 cm³/mol. The van der Waals surface area contributed by atoms with Crippen LogP contribution in [0.5, 0.6) is 5.75 Å². The number of hydrogen-bond acceptors (Lipinski definition) is 5. The number of nitriles is 1. The zero-order valence-corrected chi connectivity index (χ0v) is 12.1. The van der Waals surface area contributed by atoms with Crippen LogP contribution in [0, 0.1) is 18.3 Å². The molecule has 0 aliphatic rings. The summed E-state index contributed by atoms with van der Waals surface area (Å²) in [4.78, 5) is -0.0295. The fourth-order valence-corrected chi connectivity index (χ4v) is 2.55. The second-order valence-electron chi connectivity index (χ2n) is 4.26. The maximum Gasteiger partial charge on any atom is 0.305 e. The first-order valence-corrected chi connectivity index (χ1v) is 7.53. The van der Waals surface area contributed by atoms with E-state index in [1.165, 1.54) is 12.1 Å². The summed E-state index contributed by atoms with van der Waals surface area (Å²) in [6.45, 7) is 1.86. The lowest BCUT2D eigenvalue weighted by atomic mass is 10.2. The molecule has 0 spiro atoms. The first-order chi connectivity index (χ1) is 10.0. The van der Waals surface area contributed by atoms with Gasteiger partial charge in [-0.3, -0.25) is 0 Å². The molecule has 108 valence electrons. The van der Waals surface area contributed by atoms with Gasteiger partial charge in [-0.15, -0.1) is 0 Å². The van der Waals surface area contributed by atoms with Crippen LogP contribution in [0.15, 0.2) is 59.5 Å². The summed E-state index contributed by atoms with van der Waals surface area (Å²) < 4.78 is 34.1. The molecule has 2 rings (SSSR count). The van der Waals surface area contributed by atoms with E-state index >= 15 is 0 Å². The lowest BCUT2D eigenvalue weighted by Gasteiger charge is -2.13. The summed E-state index contributed by atoms with van der Waals surface area (Å²) in [5.74, 6) is 0.366. The smallest absolute Gasteiger partial charge is 0.305 e. The van der Waals surface area contributed by atoms with Crippen molar-refractivity contribution < 1.29 is 17.3 Å². The highest BCUT2D eigenvalue weighted by atomic mass is 32.2. The van der Waals surface area contributed by atoms with Gasteiger partial charge in [-0.25, -0.2) is 4.18 Å². The molecule has 21 heavy (non-hydrogen) atoms. The Morgan fingerprint density at radius 2 is 1.81 bits per heavy atom. The fraction of sp³-hybridized carbons (Fsp3) is 0.133. The van der Waals surface area contributed by atoms with Crippen molar-refractivity contribution in [2.75, 3.05) is 0 Å². The molecule has 0 amide bonds. The van der Waals surface area contributed by atoms with E-state index in [1.54, 1.807) is 42.5 Å². The quantitative estimate of drug-likeness (QED) is 0.627. The Balaban J connectivity index is 2.15. The minimum atomic E-state index is -4.05. The standard InChI is InChI=1S/C15H13NO4S/c1-12-6-5-7-13(10-12)19-15(11-16)20-21(17,18)14-8-3-2-4-9-14/h2-10,15H,1H3. The maximum absolute atomic E-state index is 12.0. The van der Waals surface area contributed by atoms with Gasteiger partial charge in [0.1, 0.15) is 11.8 Å². The van der Waals surface area contributed by atoms with Gasteiger partial charge >= 0.3 is 16.4 Å². The van der Waals surface area contributed by atoms with Crippen molar-refractivity contribution in [3.63, 3.8) is 0 Å². The Kier molecular flexibility index (Phi) is 4.58. The van der Waals surface area contributed by atoms with Gasteiger partial charge < -0.3 is 4.74 Å². The highest BCUT2D eigenvalue weighted by molar-refractivity contribution is 7.86. The topological polar surface area (TPSA) is 76.4 Å². The highest BCUT2D eigenvalue weighted by Gasteiger charge is 2.22. The van der Waals surface area contributed by atoms with Crippen molar-refractivity contribution in [2.24, 2.45) is 0 Å². The number of benzene rings is 2. The van der Waals surface area contributed by atoms with Crippen molar-refractivity contribution >= 4 is 10.1 Å². The van der Waals surface area contributed by atoms with Gasteiger partial charge in [0.25, 0.3) is 0 Å². The molecule has 2 aromatic rings. The molecule has 1 atom stereocenters. The van der Waals surface area contributed by atoms with Crippen LogP contribution < -0.4 is 4.74 Å². The SMILES string of the molecule is Cc1cccc(OC(C#N)OS(=O)(=O)c2ccccc2)c1. The first-order valence-electron chi connectivity index (χ1n) is 6.12. The normalized spacial score (nSPS) is 12.4. The molecule has 0 saturated heterocycles. The van der Waals surface area contributed by atoms with Crippen LogP contribution in [-0.4, -0.2) is 14.7 Å². The summed E-state index contributed by atoms with van der Waals surface area (Å²) in [5.41, 5.74) is 0.926. The zero-order chi connectivity index (χ0) is 15.3. The van der Waals surface area contributed by atoms with E-state index in [1.807, 2.05) is 13.0 Å². The third kappa shape index (κ3) is 4.05. The van der Waals surface area contributed by atoms with Gasteiger partial charge in [0.2, 0.25) is 0 Å². The molecular weight excluding hydrogens is 290 g/mol. The van der Waals surface area contributed by atoms with E-state index in [9.17, 15) is 8.42 Å². The third-order valence-electron chi connectivity index (χ3n) is 2.58. The first kappa shape index (κ1) is 15.0. The zero-order valence-electron chi connectivity index (χ0n) is 11.3. The Labute approximate surface area is 123 Å². The average Bonchev–Trinajstić information content (AvgIpc) is 2.47. The van der Waals surface area contributed by atoms with Gasteiger partial charge in [0.15, 0.2) is 0 Å². The lowest BCUT2D eigenvalue weighted by molar-refractivity contribution is 0.0598. The van der Waals surface area contributed by atoms with E-state index in [0.717, 1.165) is 5.56 Å². The average molecular weight is 303 g/mol. The van der Waals surface area contributed by atoms with Crippen LogP contribution in [-0.2, 0) is 14.3 Å². The van der Waals surface area contributed by atoms with Gasteiger partial charge in [0, 0.05) is 0 Å². The predicted octanol–water partition coefficient (Wildman–Crippen LogP) is 2.63. The van der Waals surface area contributed by atoms with E-state index in [0.29, 0.717) is 5.75 Å². The van der Waals surface area contributed by atoms with Crippen molar-refractivity contribution in [3.8, 4) is 11.8 Å². The summed E-state index contributed by atoms with van der Waals surface area (Å²) >= 11 is 0. The molecule has 6 heteroatoms. The van der Waals surface area contributed by atoms with Gasteiger partial charge in [-0.2, -0.15) is 13.7 Å². The summed E-state index contributed by atoms with van der Waals surface area (Å²) in [6.07, 6.45) is -1.54. The molecule has 0 radical (unpaired) electrons. The number of rotatable bonds is 5. The largest absolute Gasteiger partial charge is 0.450 e. The van der Waals surface area contributed by atoms with E-state index in [2.05, 4.69) is 0 Å². The molecule has 0 N–H and O–H groups in total. The Morgan fingerprint density at radius 1 is 1.10 bits per heavy atom.